The van der Waals surface area contributed by atoms with E-state index in [0.717, 1.165) is 0 Å². The molecule has 2 atom stereocenters. The van der Waals surface area contributed by atoms with Gasteiger partial charge in [0.1, 0.15) is 11.5 Å². The SMILES string of the molecule is Oc1ccccc1C(O)NC(=S)NC(O)c1ccccc1O. The lowest BCUT2D eigenvalue weighted by molar-refractivity contribution is 0.143. The number of rotatable bonds is 4. The molecule has 0 aliphatic heterocycles. The van der Waals surface area contributed by atoms with Gasteiger partial charge in [-0.2, -0.15) is 0 Å². The maximum absolute atomic E-state index is 9.98. The van der Waals surface area contributed by atoms with Crippen molar-refractivity contribution in [3.05, 3.63) is 59.7 Å². The molecule has 0 saturated carbocycles. The smallest absolute Gasteiger partial charge is 0.170 e. The average molecular weight is 320 g/mol. The van der Waals surface area contributed by atoms with Crippen LogP contribution in [0.5, 0.6) is 11.5 Å². The van der Waals surface area contributed by atoms with E-state index in [1.54, 1.807) is 24.3 Å². The number of aliphatic hydroxyl groups is 2. The van der Waals surface area contributed by atoms with Gasteiger partial charge in [0.05, 0.1) is 0 Å². The highest BCUT2D eigenvalue weighted by Gasteiger charge is 2.16. The van der Waals surface area contributed by atoms with Crippen LogP contribution in [-0.2, 0) is 0 Å². The van der Waals surface area contributed by atoms with E-state index in [1.165, 1.54) is 24.3 Å². The van der Waals surface area contributed by atoms with Crippen LogP contribution < -0.4 is 10.6 Å². The zero-order valence-electron chi connectivity index (χ0n) is 11.5. The highest BCUT2D eigenvalue weighted by Crippen LogP contribution is 2.23. The summed E-state index contributed by atoms with van der Waals surface area (Å²) in [5.74, 6) is -0.155. The molecule has 0 bridgehead atoms. The van der Waals surface area contributed by atoms with Gasteiger partial charge in [-0.25, -0.2) is 0 Å². The van der Waals surface area contributed by atoms with E-state index in [0.29, 0.717) is 0 Å². The van der Waals surface area contributed by atoms with Crippen LogP contribution in [0.3, 0.4) is 0 Å². The van der Waals surface area contributed by atoms with Crippen molar-refractivity contribution in [3.8, 4) is 11.5 Å². The summed E-state index contributed by atoms with van der Waals surface area (Å²) in [6.07, 6.45) is -2.48. The van der Waals surface area contributed by atoms with E-state index in [2.05, 4.69) is 10.6 Å². The Morgan fingerprint density at radius 1 is 0.773 bits per heavy atom. The number of aromatic hydroxyl groups is 2. The van der Waals surface area contributed by atoms with Crippen molar-refractivity contribution in [2.45, 2.75) is 12.5 Å². The molecule has 6 N–H and O–H groups in total. The number of phenolic OH excluding ortho intramolecular Hbond substituents is 2. The molecule has 0 aliphatic rings. The molecule has 0 radical (unpaired) electrons. The lowest BCUT2D eigenvalue weighted by atomic mass is 10.1. The predicted molar refractivity (Wildman–Crippen MR) is 85.0 cm³/mol. The molecule has 7 heteroatoms. The number of aliphatic hydroxyl groups excluding tert-OH is 2. The first-order valence-electron chi connectivity index (χ1n) is 6.48. The van der Waals surface area contributed by atoms with Crippen molar-refractivity contribution in [3.63, 3.8) is 0 Å². The van der Waals surface area contributed by atoms with E-state index in [-0.39, 0.29) is 27.7 Å². The van der Waals surface area contributed by atoms with Gasteiger partial charge < -0.3 is 31.1 Å². The monoisotopic (exact) mass is 320 g/mol. The number of phenols is 2. The van der Waals surface area contributed by atoms with E-state index in [9.17, 15) is 20.4 Å². The van der Waals surface area contributed by atoms with Crippen LogP contribution in [0.2, 0.25) is 0 Å². The second-order valence-electron chi connectivity index (χ2n) is 4.54. The molecule has 0 fully saturated rings. The second-order valence-corrected chi connectivity index (χ2v) is 4.95. The summed E-state index contributed by atoms with van der Waals surface area (Å²) in [6.45, 7) is 0. The Labute approximate surface area is 132 Å². The van der Waals surface area contributed by atoms with Gasteiger partial charge in [-0.05, 0) is 24.4 Å². The number of nitrogens with one attached hydrogen (secondary N) is 2. The minimum absolute atomic E-state index is 0.0356. The molecule has 2 unspecified atom stereocenters. The van der Waals surface area contributed by atoms with Gasteiger partial charge in [0.15, 0.2) is 17.6 Å². The standard InChI is InChI=1S/C15H16N2O4S/c18-11-7-3-1-5-9(11)13(20)16-15(22)17-14(21)10-6-2-4-8-12(10)19/h1-8,13-14,18-21H,(H2,16,17,22). The first kappa shape index (κ1) is 16.0. The molecule has 6 nitrogen and oxygen atoms in total. The van der Waals surface area contributed by atoms with Crippen LogP contribution in [0.25, 0.3) is 0 Å². The van der Waals surface area contributed by atoms with Gasteiger partial charge in [0.2, 0.25) is 0 Å². The lowest BCUT2D eigenvalue weighted by Crippen LogP contribution is -2.39. The molecule has 0 amide bonds. The molecule has 2 aromatic rings. The van der Waals surface area contributed by atoms with Crippen LogP contribution in [0.4, 0.5) is 0 Å². The summed E-state index contributed by atoms with van der Waals surface area (Å²) in [5, 5.41) is 44.3. The molecule has 116 valence electrons. The Kier molecular flexibility index (Phi) is 5.16. The molecule has 0 aromatic heterocycles. The highest BCUT2D eigenvalue weighted by molar-refractivity contribution is 7.80. The fourth-order valence-corrected chi connectivity index (χ4v) is 2.11. The van der Waals surface area contributed by atoms with Crippen molar-refractivity contribution in [1.82, 2.24) is 10.6 Å². The molecule has 0 aliphatic carbocycles. The summed E-state index contributed by atoms with van der Waals surface area (Å²) >= 11 is 4.99. The zero-order chi connectivity index (χ0) is 16.1. The highest BCUT2D eigenvalue weighted by atomic mass is 32.1. The van der Waals surface area contributed by atoms with E-state index in [1.807, 2.05) is 0 Å². The van der Waals surface area contributed by atoms with Crippen molar-refractivity contribution in [1.29, 1.82) is 0 Å². The third-order valence-electron chi connectivity index (χ3n) is 3.00. The molecule has 2 aromatic carbocycles. The van der Waals surface area contributed by atoms with Crippen LogP contribution in [-0.4, -0.2) is 25.5 Å². The van der Waals surface area contributed by atoms with Crippen molar-refractivity contribution < 1.29 is 20.4 Å². The minimum atomic E-state index is -1.24. The van der Waals surface area contributed by atoms with Crippen molar-refractivity contribution >= 4 is 17.3 Å². The maximum Gasteiger partial charge on any atom is 0.170 e. The Morgan fingerprint density at radius 3 is 1.50 bits per heavy atom. The molecule has 0 heterocycles. The van der Waals surface area contributed by atoms with Gasteiger partial charge >= 0.3 is 0 Å². The maximum atomic E-state index is 9.98. The molecular formula is C15H16N2O4S. The summed E-state index contributed by atoms with van der Waals surface area (Å²) in [4.78, 5) is 0. The topological polar surface area (TPSA) is 105 Å². The third kappa shape index (κ3) is 3.85. The summed E-state index contributed by atoms with van der Waals surface area (Å²) < 4.78 is 0. The zero-order valence-corrected chi connectivity index (χ0v) is 12.3. The Bertz CT molecular complexity index is 610. The van der Waals surface area contributed by atoms with Crippen molar-refractivity contribution in [2.75, 3.05) is 0 Å². The van der Waals surface area contributed by atoms with Gasteiger partial charge in [0, 0.05) is 11.1 Å². The van der Waals surface area contributed by atoms with Gasteiger partial charge in [0.25, 0.3) is 0 Å². The van der Waals surface area contributed by atoms with E-state index in [4.69, 9.17) is 12.2 Å². The molecule has 0 spiro atoms. The number of hydrogen-bond donors (Lipinski definition) is 6. The summed E-state index contributed by atoms with van der Waals surface area (Å²) in [6, 6.07) is 12.5. The fourth-order valence-electron chi connectivity index (χ4n) is 1.88. The first-order chi connectivity index (χ1) is 10.5. The van der Waals surface area contributed by atoms with Crippen LogP contribution in [0.1, 0.15) is 23.6 Å². The average Bonchev–Trinajstić information content (AvgIpc) is 2.47. The number of hydrogen-bond acceptors (Lipinski definition) is 5. The molecule has 0 saturated heterocycles. The van der Waals surface area contributed by atoms with E-state index >= 15 is 0 Å². The molecule has 2 rings (SSSR count). The number of thiocarbonyl (C=S) groups is 1. The summed E-state index contributed by atoms with van der Waals surface area (Å²) in [7, 11) is 0. The van der Waals surface area contributed by atoms with Crippen molar-refractivity contribution in [2.24, 2.45) is 0 Å². The second kappa shape index (κ2) is 7.08. The number of para-hydroxylation sites is 2. The van der Waals surface area contributed by atoms with Gasteiger partial charge in [-0.1, -0.05) is 36.4 Å². The predicted octanol–water partition coefficient (Wildman–Crippen LogP) is 1.24. The Hall–Kier alpha value is -2.35. The Balaban J connectivity index is 1.98. The first-order valence-corrected chi connectivity index (χ1v) is 6.89. The number of benzene rings is 2. The molecule has 22 heavy (non-hydrogen) atoms. The van der Waals surface area contributed by atoms with E-state index < -0.39 is 12.5 Å². The van der Waals surface area contributed by atoms with Crippen LogP contribution in [0.15, 0.2) is 48.5 Å². The van der Waals surface area contributed by atoms with Gasteiger partial charge in [-0.3, -0.25) is 0 Å². The Morgan fingerprint density at radius 2 is 1.14 bits per heavy atom. The van der Waals surface area contributed by atoms with Crippen LogP contribution >= 0.6 is 12.2 Å². The molecular weight excluding hydrogens is 304 g/mol. The minimum Gasteiger partial charge on any atom is -0.507 e. The lowest BCUT2D eigenvalue weighted by Gasteiger charge is -2.20. The fraction of sp³-hybridized carbons (Fsp3) is 0.133. The third-order valence-corrected chi connectivity index (χ3v) is 3.23. The quantitative estimate of drug-likeness (QED) is 0.372. The normalized spacial score (nSPS) is 13.2. The van der Waals surface area contributed by atoms with Crippen LogP contribution in [0, 0.1) is 0 Å². The largest absolute Gasteiger partial charge is 0.507 e. The van der Waals surface area contributed by atoms with Gasteiger partial charge in [-0.15, -0.1) is 0 Å². The summed E-state index contributed by atoms with van der Waals surface area (Å²) in [5.41, 5.74) is 0.507.